The highest BCUT2D eigenvalue weighted by Gasteiger charge is 2.26. The Hall–Kier alpha value is -3.04. The number of aryl methyl sites for hydroxylation is 1. The highest BCUT2D eigenvalue weighted by atomic mass is 32.1. The van der Waals surface area contributed by atoms with Crippen LogP contribution in [0.1, 0.15) is 18.4 Å². The number of amides is 1. The van der Waals surface area contributed by atoms with Crippen LogP contribution in [0.2, 0.25) is 0 Å². The number of nitrogens with zero attached hydrogens (tertiary/aromatic N) is 5. The van der Waals surface area contributed by atoms with E-state index < -0.39 is 6.61 Å². The second-order valence-corrected chi connectivity index (χ2v) is 8.65. The lowest BCUT2D eigenvalue weighted by Crippen LogP contribution is -2.46. The molecule has 1 aliphatic rings. The number of rotatable bonds is 6. The van der Waals surface area contributed by atoms with Crippen molar-refractivity contribution in [2.45, 2.75) is 25.8 Å². The first-order valence-corrected chi connectivity index (χ1v) is 11.1. The van der Waals surface area contributed by atoms with Crippen LogP contribution in [-0.4, -0.2) is 63.7 Å². The zero-order chi connectivity index (χ0) is 21.8. The van der Waals surface area contributed by atoms with Crippen molar-refractivity contribution in [1.29, 1.82) is 0 Å². The van der Waals surface area contributed by atoms with Crippen molar-refractivity contribution in [1.82, 2.24) is 19.9 Å². The molecule has 9 heteroatoms. The predicted molar refractivity (Wildman–Crippen MR) is 123 cm³/mol. The minimum atomic E-state index is -0.419. The monoisotopic (exact) mass is 438 g/mol. The molecule has 1 aliphatic heterocycles. The summed E-state index contributed by atoms with van der Waals surface area (Å²) in [7, 11) is 2.05. The van der Waals surface area contributed by atoms with E-state index in [2.05, 4.69) is 20.2 Å². The molecule has 162 valence electrons. The molecule has 4 heterocycles. The van der Waals surface area contributed by atoms with Crippen molar-refractivity contribution >= 4 is 34.0 Å². The third kappa shape index (κ3) is 5.00. The number of hydrogen-bond acceptors (Lipinski definition) is 8. The lowest BCUT2D eigenvalue weighted by Gasteiger charge is -2.36. The summed E-state index contributed by atoms with van der Waals surface area (Å²) in [4.78, 5) is 30.2. The first-order chi connectivity index (χ1) is 15.0. The molecule has 0 unspecified atom stereocenters. The molecule has 0 saturated carbocycles. The Balaban J connectivity index is 1.43. The number of carbonyl (C=O) groups excluding carboxylic acids is 1. The largest absolute Gasteiger partial charge is 0.387 e. The molecule has 31 heavy (non-hydrogen) atoms. The van der Waals surface area contributed by atoms with E-state index in [0.717, 1.165) is 45.7 Å². The zero-order valence-electron chi connectivity index (χ0n) is 17.7. The van der Waals surface area contributed by atoms with Gasteiger partial charge in [0.15, 0.2) is 5.13 Å². The third-order valence-corrected chi connectivity index (χ3v) is 6.58. The Kier molecular flexibility index (Phi) is 6.43. The van der Waals surface area contributed by atoms with Crippen LogP contribution < -0.4 is 10.2 Å². The second-order valence-electron chi connectivity index (χ2n) is 7.64. The number of carbonyl (C=O) groups is 1. The van der Waals surface area contributed by atoms with Gasteiger partial charge in [-0.3, -0.25) is 4.79 Å². The summed E-state index contributed by atoms with van der Waals surface area (Å²) >= 11 is 1.61. The van der Waals surface area contributed by atoms with Gasteiger partial charge in [-0.25, -0.2) is 15.0 Å². The van der Waals surface area contributed by atoms with Crippen LogP contribution in [0.15, 0.2) is 42.7 Å². The molecule has 3 aromatic heterocycles. The molecule has 0 radical (unpaired) electrons. The van der Waals surface area contributed by atoms with Crippen molar-refractivity contribution in [2.24, 2.45) is 0 Å². The summed E-state index contributed by atoms with van der Waals surface area (Å²) in [6.07, 6.45) is 5.35. The van der Waals surface area contributed by atoms with Crippen LogP contribution in [0.4, 0.5) is 16.8 Å². The van der Waals surface area contributed by atoms with Crippen LogP contribution in [0, 0.1) is 6.92 Å². The van der Waals surface area contributed by atoms with Gasteiger partial charge in [-0.05, 0) is 49.6 Å². The van der Waals surface area contributed by atoms with Crippen molar-refractivity contribution in [3.05, 3.63) is 48.3 Å². The van der Waals surface area contributed by atoms with Gasteiger partial charge in [-0.1, -0.05) is 17.4 Å². The van der Waals surface area contributed by atoms with Crippen molar-refractivity contribution in [3.8, 4) is 10.6 Å². The Morgan fingerprint density at radius 1 is 1.26 bits per heavy atom. The first-order valence-electron chi connectivity index (χ1n) is 10.3. The van der Waals surface area contributed by atoms with Gasteiger partial charge in [-0.2, -0.15) is 0 Å². The number of pyridine rings is 2. The van der Waals surface area contributed by atoms with Gasteiger partial charge in [0.2, 0.25) is 5.91 Å². The van der Waals surface area contributed by atoms with E-state index in [1.807, 2.05) is 50.5 Å². The van der Waals surface area contributed by atoms with E-state index in [0.29, 0.717) is 19.1 Å². The number of aromatic nitrogens is 3. The van der Waals surface area contributed by atoms with Crippen LogP contribution in [-0.2, 0) is 4.79 Å². The quantitative estimate of drug-likeness (QED) is 0.611. The molecule has 0 bridgehead atoms. The number of hydrogen-bond donors (Lipinski definition) is 2. The molecule has 8 nitrogen and oxygen atoms in total. The van der Waals surface area contributed by atoms with Crippen LogP contribution >= 0.6 is 11.3 Å². The topological polar surface area (TPSA) is 94.5 Å². The van der Waals surface area contributed by atoms with E-state index in [4.69, 9.17) is 10.1 Å². The fraction of sp³-hybridized carbons (Fsp3) is 0.364. The SMILES string of the molecule is Cc1ccnc(Nc2cccc(-c3cnc(N(C)C4CCN(C(=O)CO)CC4)s3)n2)c1. The van der Waals surface area contributed by atoms with Crippen molar-refractivity contribution in [2.75, 3.05) is 37.0 Å². The average molecular weight is 439 g/mol. The van der Waals surface area contributed by atoms with Gasteiger partial charge in [-0.15, -0.1) is 0 Å². The van der Waals surface area contributed by atoms with Crippen LogP contribution in [0.3, 0.4) is 0 Å². The van der Waals surface area contributed by atoms with E-state index in [1.165, 1.54) is 0 Å². The van der Waals surface area contributed by atoms with Gasteiger partial charge < -0.3 is 20.2 Å². The summed E-state index contributed by atoms with van der Waals surface area (Å²) in [6.45, 7) is 2.93. The predicted octanol–water partition coefficient (Wildman–Crippen LogP) is 3.07. The zero-order valence-corrected chi connectivity index (χ0v) is 18.5. The molecule has 0 atom stereocenters. The Bertz CT molecular complexity index is 1050. The summed E-state index contributed by atoms with van der Waals surface area (Å²) in [5.41, 5.74) is 1.99. The molecule has 1 amide bonds. The maximum absolute atomic E-state index is 11.7. The molecule has 3 aromatic rings. The summed E-state index contributed by atoms with van der Waals surface area (Å²) in [6, 6.07) is 10.1. The number of piperidine rings is 1. The fourth-order valence-corrected chi connectivity index (χ4v) is 4.60. The number of aliphatic hydroxyl groups excluding tert-OH is 1. The first kappa shape index (κ1) is 21.2. The van der Waals surface area contributed by atoms with E-state index in [1.54, 1.807) is 22.4 Å². The number of aliphatic hydroxyl groups is 1. The van der Waals surface area contributed by atoms with E-state index >= 15 is 0 Å². The van der Waals surface area contributed by atoms with Crippen molar-refractivity contribution in [3.63, 3.8) is 0 Å². The number of thiazole rings is 1. The van der Waals surface area contributed by atoms with Gasteiger partial charge in [0.25, 0.3) is 0 Å². The van der Waals surface area contributed by atoms with Gasteiger partial charge >= 0.3 is 0 Å². The number of likely N-dealkylation sites (tertiary alicyclic amines) is 1. The second kappa shape index (κ2) is 9.40. The van der Waals surface area contributed by atoms with E-state index in [9.17, 15) is 4.79 Å². The highest BCUT2D eigenvalue weighted by Crippen LogP contribution is 2.32. The lowest BCUT2D eigenvalue weighted by atomic mass is 10.0. The van der Waals surface area contributed by atoms with E-state index in [-0.39, 0.29) is 5.91 Å². The number of anilines is 3. The fourth-order valence-electron chi connectivity index (χ4n) is 3.68. The molecule has 2 N–H and O–H groups in total. The minimum Gasteiger partial charge on any atom is -0.387 e. The molecule has 0 spiro atoms. The highest BCUT2D eigenvalue weighted by molar-refractivity contribution is 7.18. The minimum absolute atomic E-state index is 0.196. The van der Waals surface area contributed by atoms with Crippen molar-refractivity contribution < 1.29 is 9.90 Å². The van der Waals surface area contributed by atoms with Crippen LogP contribution in [0.25, 0.3) is 10.6 Å². The normalized spacial score (nSPS) is 14.5. The molecule has 1 saturated heterocycles. The average Bonchev–Trinajstić information content (AvgIpc) is 3.29. The van der Waals surface area contributed by atoms with Crippen LogP contribution in [0.5, 0.6) is 0 Å². The molecule has 0 aliphatic carbocycles. The third-order valence-electron chi connectivity index (χ3n) is 5.47. The lowest BCUT2D eigenvalue weighted by molar-refractivity contribution is -0.135. The molecule has 1 fully saturated rings. The maximum Gasteiger partial charge on any atom is 0.248 e. The molecule has 0 aromatic carbocycles. The summed E-state index contributed by atoms with van der Waals surface area (Å²) in [5.74, 6) is 1.30. The van der Waals surface area contributed by atoms with Gasteiger partial charge in [0.1, 0.15) is 18.2 Å². The standard InChI is InChI=1S/C22H26N6O2S/c1-15-6-9-23-20(12-15)26-19-5-3-4-17(25-19)18-13-24-22(31-18)27(2)16-7-10-28(11-8-16)21(30)14-29/h3-6,9,12-13,16,29H,7-8,10-11,14H2,1-2H3,(H,23,25,26). The maximum atomic E-state index is 11.7. The Labute approximate surface area is 185 Å². The smallest absolute Gasteiger partial charge is 0.248 e. The Morgan fingerprint density at radius 2 is 2.06 bits per heavy atom. The Morgan fingerprint density at radius 3 is 2.81 bits per heavy atom. The summed E-state index contributed by atoms with van der Waals surface area (Å²) in [5, 5.41) is 13.2. The molecular formula is C22H26N6O2S. The molecule has 4 rings (SSSR count). The summed E-state index contributed by atoms with van der Waals surface area (Å²) < 4.78 is 0. The number of nitrogens with one attached hydrogen (secondary N) is 1. The van der Waals surface area contributed by atoms with Gasteiger partial charge in [0.05, 0.1) is 10.6 Å². The molecular weight excluding hydrogens is 412 g/mol. The van der Waals surface area contributed by atoms with Gasteiger partial charge in [0, 0.05) is 38.6 Å².